The van der Waals surface area contributed by atoms with Gasteiger partial charge in [0.25, 0.3) is 5.91 Å². The monoisotopic (exact) mass is 362 g/mol. The first-order valence-electron chi connectivity index (χ1n) is 9.43. The lowest BCUT2D eigenvalue weighted by Gasteiger charge is -2.17. The van der Waals surface area contributed by atoms with Gasteiger partial charge >= 0.3 is 0 Å². The van der Waals surface area contributed by atoms with Crippen molar-refractivity contribution >= 4 is 29.0 Å². The Morgan fingerprint density at radius 1 is 1.07 bits per heavy atom. The lowest BCUT2D eigenvalue weighted by atomic mass is 10.1. The van der Waals surface area contributed by atoms with Gasteiger partial charge in [-0.25, -0.2) is 0 Å². The number of hydrogen-bond acceptors (Lipinski definition) is 3. The summed E-state index contributed by atoms with van der Waals surface area (Å²) in [6, 6.07) is 15.7. The van der Waals surface area contributed by atoms with Gasteiger partial charge in [0.2, 0.25) is 0 Å². The van der Waals surface area contributed by atoms with Gasteiger partial charge in [-0.15, -0.1) is 0 Å². The molecule has 3 aromatic rings. The Morgan fingerprint density at radius 2 is 1.81 bits per heavy atom. The molecule has 0 unspecified atom stereocenters. The zero-order valence-electron chi connectivity index (χ0n) is 15.9. The fourth-order valence-electron chi connectivity index (χ4n) is 3.00. The van der Waals surface area contributed by atoms with E-state index in [1.165, 1.54) is 0 Å². The molecule has 0 saturated carbocycles. The number of fused-ring (bicyclic) bond motifs is 1. The molecule has 1 amide bonds. The predicted molar refractivity (Wildman–Crippen MR) is 112 cm³/mol. The quantitative estimate of drug-likeness (QED) is 0.641. The second-order valence-corrected chi connectivity index (χ2v) is 6.39. The van der Waals surface area contributed by atoms with Crippen LogP contribution in [0, 0.1) is 0 Å². The van der Waals surface area contributed by atoms with E-state index in [4.69, 9.17) is 0 Å². The molecule has 0 radical (unpaired) electrons. The minimum absolute atomic E-state index is 0.0315. The van der Waals surface area contributed by atoms with Crippen molar-refractivity contribution in [1.82, 2.24) is 20.4 Å². The van der Waals surface area contributed by atoms with E-state index in [1.807, 2.05) is 60.7 Å². The van der Waals surface area contributed by atoms with Gasteiger partial charge in [-0.2, -0.15) is 5.10 Å². The Morgan fingerprint density at radius 3 is 2.56 bits per heavy atom. The average molecular weight is 362 g/mol. The smallest absolute Gasteiger partial charge is 0.251 e. The number of aromatic nitrogens is 2. The van der Waals surface area contributed by atoms with Crippen molar-refractivity contribution in [3.63, 3.8) is 0 Å². The van der Waals surface area contributed by atoms with E-state index in [-0.39, 0.29) is 5.91 Å². The molecule has 140 valence electrons. The van der Waals surface area contributed by atoms with Gasteiger partial charge < -0.3 is 10.2 Å². The van der Waals surface area contributed by atoms with Crippen LogP contribution < -0.4 is 5.32 Å². The number of hydrogen-bond donors (Lipinski definition) is 2. The number of amides is 1. The number of rotatable bonds is 8. The molecule has 1 aromatic heterocycles. The van der Waals surface area contributed by atoms with Crippen molar-refractivity contribution in [2.45, 2.75) is 13.8 Å². The molecule has 0 bridgehead atoms. The van der Waals surface area contributed by atoms with Crippen molar-refractivity contribution < 1.29 is 4.79 Å². The minimum atomic E-state index is -0.0315. The summed E-state index contributed by atoms with van der Waals surface area (Å²) in [7, 11) is 0. The average Bonchev–Trinajstić information content (AvgIpc) is 3.13. The first-order chi connectivity index (χ1) is 13.2. The number of benzene rings is 2. The number of carbonyl (C=O) groups excluding carboxylic acids is 1. The highest BCUT2D eigenvalue weighted by Gasteiger charge is 2.06. The summed E-state index contributed by atoms with van der Waals surface area (Å²) in [6.45, 7) is 7.79. The number of likely N-dealkylation sites (N-methyl/N-ethyl adjacent to an activating group) is 1. The summed E-state index contributed by atoms with van der Waals surface area (Å²) in [4.78, 5) is 14.5. The SMILES string of the molecule is CCN(CC)CCNC(=O)c1ccc(/C=C/c2n[nH]c3ccccc23)cc1. The van der Waals surface area contributed by atoms with Gasteiger partial charge in [0, 0.05) is 24.0 Å². The van der Waals surface area contributed by atoms with Crippen molar-refractivity contribution in [2.75, 3.05) is 26.2 Å². The van der Waals surface area contributed by atoms with Gasteiger partial charge in [-0.3, -0.25) is 9.89 Å². The molecule has 0 aliphatic rings. The van der Waals surface area contributed by atoms with E-state index in [1.54, 1.807) is 0 Å². The Kier molecular flexibility index (Phi) is 6.39. The molecule has 0 saturated heterocycles. The molecule has 0 aliphatic carbocycles. The maximum absolute atomic E-state index is 12.2. The van der Waals surface area contributed by atoms with Crippen LogP contribution in [0.4, 0.5) is 0 Å². The van der Waals surface area contributed by atoms with E-state index in [0.717, 1.165) is 41.8 Å². The van der Waals surface area contributed by atoms with Crippen LogP contribution in [0.25, 0.3) is 23.1 Å². The Labute approximate surface area is 160 Å². The number of aromatic amines is 1. The lowest BCUT2D eigenvalue weighted by molar-refractivity contribution is 0.0949. The summed E-state index contributed by atoms with van der Waals surface area (Å²) in [5.41, 5.74) is 3.64. The topological polar surface area (TPSA) is 61.0 Å². The molecule has 2 aromatic carbocycles. The van der Waals surface area contributed by atoms with Crippen LogP contribution in [0.2, 0.25) is 0 Å². The fourth-order valence-corrected chi connectivity index (χ4v) is 3.00. The summed E-state index contributed by atoms with van der Waals surface area (Å²) < 4.78 is 0. The van der Waals surface area contributed by atoms with Crippen molar-refractivity contribution in [1.29, 1.82) is 0 Å². The minimum Gasteiger partial charge on any atom is -0.351 e. The van der Waals surface area contributed by atoms with Gasteiger partial charge in [0.05, 0.1) is 11.2 Å². The van der Waals surface area contributed by atoms with Gasteiger partial charge in [-0.05, 0) is 42.9 Å². The van der Waals surface area contributed by atoms with Crippen LogP contribution in [0.3, 0.4) is 0 Å². The number of nitrogens with zero attached hydrogens (tertiary/aromatic N) is 2. The van der Waals surface area contributed by atoms with Crippen LogP contribution in [0.1, 0.15) is 35.5 Å². The predicted octanol–water partition coefficient (Wildman–Crippen LogP) is 3.80. The zero-order valence-corrected chi connectivity index (χ0v) is 15.9. The zero-order chi connectivity index (χ0) is 19.1. The summed E-state index contributed by atoms with van der Waals surface area (Å²) in [5.74, 6) is -0.0315. The van der Waals surface area contributed by atoms with Crippen molar-refractivity contribution in [2.24, 2.45) is 0 Å². The van der Waals surface area contributed by atoms with Gasteiger partial charge in [0.15, 0.2) is 0 Å². The molecule has 27 heavy (non-hydrogen) atoms. The third-order valence-corrected chi connectivity index (χ3v) is 4.71. The molecule has 0 aliphatic heterocycles. The lowest BCUT2D eigenvalue weighted by Crippen LogP contribution is -2.34. The molecular formula is C22H26N4O. The number of carbonyl (C=O) groups is 1. The van der Waals surface area contributed by atoms with Gasteiger partial charge in [0.1, 0.15) is 0 Å². The third kappa shape index (κ3) is 4.83. The van der Waals surface area contributed by atoms with Crippen molar-refractivity contribution in [3.8, 4) is 0 Å². The number of para-hydroxylation sites is 1. The fraction of sp³-hybridized carbons (Fsp3) is 0.273. The largest absolute Gasteiger partial charge is 0.351 e. The molecule has 5 heteroatoms. The molecule has 0 spiro atoms. The normalized spacial score (nSPS) is 11.5. The summed E-state index contributed by atoms with van der Waals surface area (Å²) in [6.07, 6.45) is 3.99. The maximum Gasteiger partial charge on any atom is 0.251 e. The Balaban J connectivity index is 1.59. The van der Waals surface area contributed by atoms with Crippen LogP contribution in [0.5, 0.6) is 0 Å². The number of nitrogens with one attached hydrogen (secondary N) is 2. The maximum atomic E-state index is 12.2. The van der Waals surface area contributed by atoms with E-state index in [9.17, 15) is 4.79 Å². The first kappa shape index (κ1) is 18.9. The molecule has 0 atom stereocenters. The highest BCUT2D eigenvalue weighted by Crippen LogP contribution is 2.17. The van der Waals surface area contributed by atoms with Crippen LogP contribution in [-0.4, -0.2) is 47.2 Å². The second-order valence-electron chi connectivity index (χ2n) is 6.39. The molecular weight excluding hydrogens is 336 g/mol. The summed E-state index contributed by atoms with van der Waals surface area (Å²) in [5, 5.41) is 11.4. The van der Waals surface area contributed by atoms with Crippen LogP contribution in [-0.2, 0) is 0 Å². The van der Waals surface area contributed by atoms with Crippen LogP contribution >= 0.6 is 0 Å². The standard InChI is InChI=1S/C22H26N4O/c1-3-26(4-2)16-15-23-22(27)18-12-9-17(10-13-18)11-14-21-19-7-5-6-8-20(19)24-25-21/h5-14H,3-4,15-16H2,1-2H3,(H,23,27)(H,24,25)/b14-11+. The van der Waals surface area contributed by atoms with E-state index < -0.39 is 0 Å². The van der Waals surface area contributed by atoms with E-state index >= 15 is 0 Å². The Hall–Kier alpha value is -2.92. The molecule has 0 fully saturated rings. The van der Waals surface area contributed by atoms with Crippen LogP contribution in [0.15, 0.2) is 48.5 Å². The molecule has 2 N–H and O–H groups in total. The Bertz CT molecular complexity index is 907. The molecule has 5 nitrogen and oxygen atoms in total. The molecule has 3 rings (SSSR count). The highest BCUT2D eigenvalue weighted by molar-refractivity contribution is 5.94. The highest BCUT2D eigenvalue weighted by atomic mass is 16.1. The molecule has 1 heterocycles. The van der Waals surface area contributed by atoms with Crippen molar-refractivity contribution in [3.05, 3.63) is 65.4 Å². The summed E-state index contributed by atoms with van der Waals surface area (Å²) >= 11 is 0. The number of H-pyrrole nitrogens is 1. The first-order valence-corrected chi connectivity index (χ1v) is 9.43. The van der Waals surface area contributed by atoms with Gasteiger partial charge in [-0.1, -0.05) is 50.3 Å². The van der Waals surface area contributed by atoms with E-state index in [0.29, 0.717) is 12.1 Å². The second kappa shape index (κ2) is 9.14. The third-order valence-electron chi connectivity index (χ3n) is 4.71. The van der Waals surface area contributed by atoms with E-state index in [2.05, 4.69) is 34.3 Å².